The van der Waals surface area contributed by atoms with Crippen LogP contribution in [0.25, 0.3) is 23.0 Å². The van der Waals surface area contributed by atoms with Gasteiger partial charge in [-0.3, -0.25) is 0 Å². The van der Waals surface area contributed by atoms with Gasteiger partial charge in [-0.05, 0) is 32.0 Å². The van der Waals surface area contributed by atoms with Gasteiger partial charge in [-0.25, -0.2) is 9.48 Å². The second-order valence-electron chi connectivity index (χ2n) is 6.92. The summed E-state index contributed by atoms with van der Waals surface area (Å²) in [5, 5.41) is 22.5. The van der Waals surface area contributed by atoms with Crippen LogP contribution in [-0.4, -0.2) is 55.5 Å². The number of nitrogens with zero attached hydrogens (tertiary/aromatic N) is 5. The number of aromatic nitrogens is 5. The lowest BCUT2D eigenvalue weighted by Crippen LogP contribution is -2.21. The summed E-state index contributed by atoms with van der Waals surface area (Å²) in [6.07, 6.45) is -8.50. The van der Waals surface area contributed by atoms with Crippen molar-refractivity contribution in [2.24, 2.45) is 0 Å². The van der Waals surface area contributed by atoms with Gasteiger partial charge < -0.3 is 14.9 Å². The van der Waals surface area contributed by atoms with E-state index in [1.165, 1.54) is 12.1 Å². The van der Waals surface area contributed by atoms with Crippen LogP contribution in [0.3, 0.4) is 0 Å². The van der Waals surface area contributed by atoms with Crippen LogP contribution in [0, 0.1) is 6.92 Å². The van der Waals surface area contributed by atoms with Crippen LogP contribution in [0.2, 0.25) is 0 Å². The average molecular weight is 478 g/mol. The number of nitrogens with one attached hydrogen (secondary N) is 1. The van der Waals surface area contributed by atoms with Crippen molar-refractivity contribution in [3.05, 3.63) is 35.5 Å². The molecule has 3 heterocycles. The normalized spacial score (nSPS) is 16.4. The van der Waals surface area contributed by atoms with E-state index in [1.807, 2.05) is 11.6 Å². The van der Waals surface area contributed by atoms with E-state index in [-0.39, 0.29) is 17.8 Å². The molecule has 4 rings (SSSR count). The van der Waals surface area contributed by atoms with Gasteiger partial charge in [-0.2, -0.15) is 31.3 Å². The molecule has 0 saturated carbocycles. The molecule has 1 unspecified atom stereocenters. The van der Waals surface area contributed by atoms with Gasteiger partial charge in [-0.15, -0.1) is 5.10 Å². The molecule has 0 spiro atoms. The summed E-state index contributed by atoms with van der Waals surface area (Å²) in [7, 11) is 0. The number of carboxylic acids is 1. The zero-order valence-corrected chi connectivity index (χ0v) is 16.8. The molecule has 0 bridgehead atoms. The van der Waals surface area contributed by atoms with Gasteiger partial charge in [-0.1, -0.05) is 22.5 Å². The van der Waals surface area contributed by atoms with Crippen molar-refractivity contribution in [2.75, 3.05) is 13.1 Å². The van der Waals surface area contributed by atoms with E-state index in [0.717, 1.165) is 37.3 Å². The average Bonchev–Trinajstić information content (AvgIpc) is 3.48. The minimum absolute atomic E-state index is 0.189. The lowest BCUT2D eigenvalue weighted by molar-refractivity contribution is -0.192. The molecule has 3 aromatic rings. The SMILES string of the molecule is Cc1c(-c2nc(-c3ccc(C(F)(F)F)cc3)no2)nnn1C1CCNC1.O=C(O)C(F)(F)F. The molecule has 33 heavy (non-hydrogen) atoms. The van der Waals surface area contributed by atoms with Crippen molar-refractivity contribution >= 4 is 5.97 Å². The van der Waals surface area contributed by atoms with Gasteiger partial charge >= 0.3 is 18.3 Å². The smallest absolute Gasteiger partial charge is 0.475 e. The van der Waals surface area contributed by atoms with Crippen LogP contribution in [0.1, 0.15) is 23.7 Å². The quantitative estimate of drug-likeness (QED) is 0.550. The molecule has 1 fully saturated rings. The van der Waals surface area contributed by atoms with Crippen molar-refractivity contribution in [3.8, 4) is 23.0 Å². The summed E-state index contributed by atoms with van der Waals surface area (Å²) in [5.41, 5.74) is 0.982. The monoisotopic (exact) mass is 478 g/mol. The molecular weight excluding hydrogens is 462 g/mol. The standard InChI is InChI=1S/C16H15F3N6O.C2HF3O2/c1-9-13(22-24-25(9)12-6-7-20-8-12)15-21-14(23-26-15)10-2-4-11(5-3-10)16(17,18)19;3-2(4,5)1(6)7/h2-5,12,20H,6-8H2,1H3;(H,6,7). The van der Waals surface area contributed by atoms with Gasteiger partial charge in [0.1, 0.15) is 0 Å². The molecule has 15 heteroatoms. The van der Waals surface area contributed by atoms with E-state index in [2.05, 4.69) is 25.8 Å². The number of carbonyl (C=O) groups is 1. The summed E-state index contributed by atoms with van der Waals surface area (Å²) in [4.78, 5) is 13.1. The van der Waals surface area contributed by atoms with Crippen LogP contribution < -0.4 is 5.32 Å². The van der Waals surface area contributed by atoms with E-state index < -0.39 is 23.9 Å². The number of benzene rings is 1. The second kappa shape index (κ2) is 9.17. The van der Waals surface area contributed by atoms with E-state index in [9.17, 15) is 26.3 Å². The predicted octanol–water partition coefficient (Wildman–Crippen LogP) is 3.49. The topological polar surface area (TPSA) is 119 Å². The van der Waals surface area contributed by atoms with E-state index >= 15 is 0 Å². The molecule has 0 aliphatic carbocycles. The first-order valence-electron chi connectivity index (χ1n) is 9.32. The Balaban J connectivity index is 0.000000383. The third-order valence-electron chi connectivity index (χ3n) is 4.65. The third-order valence-corrected chi connectivity index (χ3v) is 4.65. The maximum absolute atomic E-state index is 12.7. The fraction of sp³-hybridized carbons (Fsp3) is 0.389. The molecule has 9 nitrogen and oxygen atoms in total. The number of hydrogen-bond donors (Lipinski definition) is 2. The van der Waals surface area contributed by atoms with Gasteiger partial charge in [0, 0.05) is 12.1 Å². The highest BCUT2D eigenvalue weighted by Crippen LogP contribution is 2.31. The number of halogens is 6. The molecule has 0 amide bonds. The van der Waals surface area contributed by atoms with Crippen molar-refractivity contribution in [1.29, 1.82) is 0 Å². The summed E-state index contributed by atoms with van der Waals surface area (Å²) >= 11 is 0. The Morgan fingerprint density at radius 2 is 1.82 bits per heavy atom. The summed E-state index contributed by atoms with van der Waals surface area (Å²) < 4.78 is 76.8. The number of carboxylic acid groups (broad SMARTS) is 1. The molecule has 1 atom stereocenters. The number of rotatable bonds is 3. The summed E-state index contributed by atoms with van der Waals surface area (Å²) in [6.45, 7) is 3.62. The predicted molar refractivity (Wildman–Crippen MR) is 98.7 cm³/mol. The van der Waals surface area contributed by atoms with Crippen LogP contribution in [0.4, 0.5) is 26.3 Å². The van der Waals surface area contributed by atoms with Gasteiger partial charge in [0.15, 0.2) is 5.69 Å². The second-order valence-corrected chi connectivity index (χ2v) is 6.92. The first-order valence-corrected chi connectivity index (χ1v) is 9.32. The van der Waals surface area contributed by atoms with Gasteiger partial charge in [0.05, 0.1) is 17.3 Å². The van der Waals surface area contributed by atoms with Crippen molar-refractivity contribution in [1.82, 2.24) is 30.5 Å². The number of aliphatic carboxylic acids is 1. The molecule has 1 saturated heterocycles. The highest BCUT2D eigenvalue weighted by molar-refractivity contribution is 5.73. The maximum atomic E-state index is 12.7. The van der Waals surface area contributed by atoms with Gasteiger partial charge in [0.2, 0.25) is 5.82 Å². The molecule has 2 N–H and O–H groups in total. The Labute approximate surface area is 181 Å². The zero-order chi connectivity index (χ0) is 24.4. The third kappa shape index (κ3) is 5.66. The minimum atomic E-state index is -5.08. The van der Waals surface area contributed by atoms with Crippen molar-refractivity contribution < 1.29 is 40.8 Å². The lowest BCUT2D eigenvalue weighted by atomic mass is 10.1. The van der Waals surface area contributed by atoms with E-state index in [4.69, 9.17) is 14.4 Å². The van der Waals surface area contributed by atoms with Crippen LogP contribution in [0.5, 0.6) is 0 Å². The lowest BCUT2D eigenvalue weighted by Gasteiger charge is -2.09. The Morgan fingerprint density at radius 3 is 2.33 bits per heavy atom. The molecule has 1 aliphatic heterocycles. The molecule has 0 radical (unpaired) electrons. The van der Waals surface area contributed by atoms with Crippen LogP contribution in [0.15, 0.2) is 28.8 Å². The fourth-order valence-corrected chi connectivity index (χ4v) is 2.98. The Morgan fingerprint density at radius 1 is 1.18 bits per heavy atom. The number of alkyl halides is 6. The highest BCUT2D eigenvalue weighted by atomic mass is 19.4. The first-order chi connectivity index (χ1) is 15.4. The highest BCUT2D eigenvalue weighted by Gasteiger charge is 2.38. The molecule has 2 aromatic heterocycles. The van der Waals surface area contributed by atoms with Crippen LogP contribution in [-0.2, 0) is 11.0 Å². The number of hydrogen-bond acceptors (Lipinski definition) is 7. The molecule has 178 valence electrons. The van der Waals surface area contributed by atoms with E-state index in [1.54, 1.807) is 0 Å². The minimum Gasteiger partial charge on any atom is -0.475 e. The van der Waals surface area contributed by atoms with E-state index in [0.29, 0.717) is 11.3 Å². The Bertz CT molecular complexity index is 1100. The fourth-order valence-electron chi connectivity index (χ4n) is 2.98. The summed E-state index contributed by atoms with van der Waals surface area (Å²) in [5.74, 6) is -2.37. The summed E-state index contributed by atoms with van der Waals surface area (Å²) in [6, 6.07) is 4.82. The zero-order valence-electron chi connectivity index (χ0n) is 16.8. The maximum Gasteiger partial charge on any atom is 0.490 e. The Kier molecular flexibility index (Phi) is 6.71. The van der Waals surface area contributed by atoms with Crippen molar-refractivity contribution in [3.63, 3.8) is 0 Å². The van der Waals surface area contributed by atoms with Crippen LogP contribution >= 0.6 is 0 Å². The van der Waals surface area contributed by atoms with Crippen molar-refractivity contribution in [2.45, 2.75) is 31.7 Å². The molecule has 1 aromatic carbocycles. The largest absolute Gasteiger partial charge is 0.490 e. The molecule has 1 aliphatic rings. The first kappa shape index (κ1) is 24.2. The Hall–Kier alpha value is -3.49. The van der Waals surface area contributed by atoms with Gasteiger partial charge in [0.25, 0.3) is 5.89 Å². The molecular formula is C18H16F6N6O3.